The van der Waals surface area contributed by atoms with Crippen molar-refractivity contribution in [1.29, 1.82) is 0 Å². The third-order valence-electron chi connectivity index (χ3n) is 4.00. The summed E-state index contributed by atoms with van der Waals surface area (Å²) in [5, 5.41) is 10.8. The molecule has 0 aliphatic heterocycles. The van der Waals surface area contributed by atoms with Gasteiger partial charge in [-0.1, -0.05) is 0 Å². The second kappa shape index (κ2) is 7.55. The first-order valence-electron chi connectivity index (χ1n) is 7.99. The molecule has 0 amide bonds. The lowest BCUT2D eigenvalue weighted by atomic mass is 10.0. The third kappa shape index (κ3) is 4.62. The van der Waals surface area contributed by atoms with Gasteiger partial charge in [0, 0.05) is 23.3 Å². The van der Waals surface area contributed by atoms with Gasteiger partial charge >= 0.3 is 6.18 Å². The fourth-order valence-electron chi connectivity index (χ4n) is 2.63. The van der Waals surface area contributed by atoms with Crippen LogP contribution >= 0.6 is 0 Å². The molecule has 2 aromatic heterocycles. The van der Waals surface area contributed by atoms with Crippen molar-refractivity contribution in [3.8, 4) is 0 Å². The van der Waals surface area contributed by atoms with Gasteiger partial charge in [-0.25, -0.2) is 27.2 Å². The van der Waals surface area contributed by atoms with Crippen LogP contribution < -0.4 is 4.72 Å². The van der Waals surface area contributed by atoms with E-state index in [0.717, 1.165) is 0 Å². The number of aliphatic hydroxyl groups excluding tert-OH is 1. The van der Waals surface area contributed by atoms with Crippen LogP contribution in [0.3, 0.4) is 0 Å². The lowest BCUT2D eigenvalue weighted by molar-refractivity contribution is -0.129. The highest BCUT2D eigenvalue weighted by Crippen LogP contribution is 2.34. The standard InChI is InChI=1S/C16H13F5N4O3S/c17-10-1-2-11(25-29(27,28)4-3-16(19,20)21)13(18)12(10)14(26)8-6-23-15-9(8)5-22-7-24-15/h1-2,5-7,14,25-26H,3-4H2,(H,22,23,24). The maximum atomic E-state index is 14.8. The molecule has 1 unspecified atom stereocenters. The molecule has 7 nitrogen and oxygen atoms in total. The number of aromatic amines is 1. The molecular formula is C16H13F5N4O3S. The van der Waals surface area contributed by atoms with Crippen LogP contribution in [0.4, 0.5) is 27.6 Å². The summed E-state index contributed by atoms with van der Waals surface area (Å²) in [4.78, 5) is 10.3. The van der Waals surface area contributed by atoms with E-state index in [2.05, 4.69) is 15.0 Å². The minimum absolute atomic E-state index is 0.0236. The summed E-state index contributed by atoms with van der Waals surface area (Å²) in [7, 11) is -4.57. The fourth-order valence-corrected chi connectivity index (χ4v) is 3.72. The Balaban J connectivity index is 1.95. The van der Waals surface area contributed by atoms with Crippen molar-refractivity contribution in [3.05, 3.63) is 53.6 Å². The molecule has 3 N–H and O–H groups in total. The Hall–Kier alpha value is -2.80. The van der Waals surface area contributed by atoms with E-state index in [1.165, 1.54) is 18.7 Å². The maximum absolute atomic E-state index is 14.8. The average Bonchev–Trinajstić information content (AvgIpc) is 3.06. The highest BCUT2D eigenvalue weighted by molar-refractivity contribution is 7.92. The highest BCUT2D eigenvalue weighted by atomic mass is 32.2. The number of alkyl halides is 3. The SMILES string of the molecule is O=S(=O)(CCC(F)(F)F)Nc1ccc(F)c(C(O)c2c[nH]c3ncncc23)c1F. The quantitative estimate of drug-likeness (QED) is 0.515. The Kier molecular flexibility index (Phi) is 5.45. The zero-order chi connectivity index (χ0) is 21.4. The normalized spacial score (nSPS) is 13.6. The molecule has 156 valence electrons. The second-order valence-electron chi connectivity index (χ2n) is 6.04. The average molecular weight is 436 g/mol. The van der Waals surface area contributed by atoms with Crippen LogP contribution in [0.1, 0.15) is 23.7 Å². The van der Waals surface area contributed by atoms with Crippen molar-refractivity contribution in [3.63, 3.8) is 0 Å². The molecule has 0 radical (unpaired) electrons. The Morgan fingerprint density at radius 2 is 1.97 bits per heavy atom. The summed E-state index contributed by atoms with van der Waals surface area (Å²) in [5.41, 5.74) is -1.36. The van der Waals surface area contributed by atoms with Gasteiger partial charge < -0.3 is 10.1 Å². The number of aliphatic hydroxyl groups is 1. The summed E-state index contributed by atoms with van der Waals surface area (Å²) in [6.45, 7) is 0. The Bertz CT molecular complexity index is 1150. The predicted molar refractivity (Wildman–Crippen MR) is 92.4 cm³/mol. The summed E-state index contributed by atoms with van der Waals surface area (Å²) in [6.07, 6.45) is -4.47. The van der Waals surface area contributed by atoms with Gasteiger partial charge in [0.2, 0.25) is 10.0 Å². The number of hydrogen-bond donors (Lipinski definition) is 3. The van der Waals surface area contributed by atoms with E-state index in [0.29, 0.717) is 17.8 Å². The second-order valence-corrected chi connectivity index (χ2v) is 7.88. The Morgan fingerprint density at radius 3 is 2.66 bits per heavy atom. The monoisotopic (exact) mass is 436 g/mol. The van der Waals surface area contributed by atoms with E-state index >= 15 is 0 Å². The fraction of sp³-hybridized carbons (Fsp3) is 0.250. The van der Waals surface area contributed by atoms with Crippen LogP contribution in [0, 0.1) is 11.6 Å². The van der Waals surface area contributed by atoms with Crippen LogP contribution in [-0.2, 0) is 10.0 Å². The lowest BCUT2D eigenvalue weighted by Crippen LogP contribution is -2.22. The Labute approximate surface area is 160 Å². The summed E-state index contributed by atoms with van der Waals surface area (Å²) in [6, 6.07) is 1.40. The van der Waals surface area contributed by atoms with E-state index in [1.54, 1.807) is 4.72 Å². The highest BCUT2D eigenvalue weighted by Gasteiger charge is 2.31. The molecule has 29 heavy (non-hydrogen) atoms. The molecule has 13 heteroatoms. The van der Waals surface area contributed by atoms with Gasteiger partial charge in [-0.2, -0.15) is 13.2 Å². The molecule has 0 spiro atoms. The molecule has 2 heterocycles. The van der Waals surface area contributed by atoms with Gasteiger partial charge in [-0.15, -0.1) is 0 Å². The molecule has 0 bridgehead atoms. The molecular weight excluding hydrogens is 423 g/mol. The minimum atomic E-state index is -4.73. The Morgan fingerprint density at radius 1 is 1.24 bits per heavy atom. The van der Waals surface area contributed by atoms with Gasteiger partial charge in [0.15, 0.2) is 5.82 Å². The molecule has 0 fully saturated rings. The largest absolute Gasteiger partial charge is 0.390 e. The molecule has 1 atom stereocenters. The zero-order valence-corrected chi connectivity index (χ0v) is 15.2. The van der Waals surface area contributed by atoms with Crippen molar-refractivity contribution >= 4 is 26.7 Å². The van der Waals surface area contributed by atoms with Crippen LogP contribution in [0.15, 0.2) is 30.9 Å². The smallest absolute Gasteiger partial charge is 0.383 e. The van der Waals surface area contributed by atoms with Crippen molar-refractivity contribution in [1.82, 2.24) is 15.0 Å². The van der Waals surface area contributed by atoms with Crippen molar-refractivity contribution in [2.24, 2.45) is 0 Å². The molecule has 3 rings (SSSR count). The number of nitrogens with one attached hydrogen (secondary N) is 2. The first kappa shape index (κ1) is 20.9. The van der Waals surface area contributed by atoms with Crippen LogP contribution in [0.25, 0.3) is 11.0 Å². The number of hydrogen-bond acceptors (Lipinski definition) is 5. The number of rotatable bonds is 6. The van der Waals surface area contributed by atoms with Gasteiger partial charge in [0.05, 0.1) is 23.4 Å². The van der Waals surface area contributed by atoms with E-state index in [9.17, 15) is 35.5 Å². The van der Waals surface area contributed by atoms with Crippen molar-refractivity contribution in [2.45, 2.75) is 18.7 Å². The van der Waals surface area contributed by atoms with Crippen LogP contribution in [0.2, 0.25) is 0 Å². The maximum Gasteiger partial charge on any atom is 0.390 e. The summed E-state index contributed by atoms with van der Waals surface area (Å²) < 4.78 is 91.1. The van der Waals surface area contributed by atoms with Gasteiger partial charge in [-0.05, 0) is 12.1 Å². The number of aromatic nitrogens is 3. The molecule has 3 aromatic rings. The van der Waals surface area contributed by atoms with Gasteiger partial charge in [0.1, 0.15) is 23.9 Å². The predicted octanol–water partition coefficient (Wildman–Crippen LogP) is 3.01. The zero-order valence-electron chi connectivity index (χ0n) is 14.3. The van der Waals surface area contributed by atoms with Gasteiger partial charge in [0.25, 0.3) is 0 Å². The summed E-state index contributed by atoms with van der Waals surface area (Å²) >= 11 is 0. The van der Waals surface area contributed by atoms with Gasteiger partial charge in [-0.3, -0.25) is 4.72 Å². The van der Waals surface area contributed by atoms with Crippen molar-refractivity contribution < 1.29 is 35.5 Å². The van der Waals surface area contributed by atoms with Crippen LogP contribution in [-0.4, -0.2) is 40.4 Å². The number of anilines is 1. The molecule has 0 saturated carbocycles. The lowest BCUT2D eigenvalue weighted by Gasteiger charge is -2.16. The third-order valence-corrected chi connectivity index (χ3v) is 5.27. The van der Waals surface area contributed by atoms with E-state index in [-0.39, 0.29) is 10.9 Å². The number of sulfonamides is 1. The minimum Gasteiger partial charge on any atom is -0.383 e. The first-order valence-corrected chi connectivity index (χ1v) is 9.64. The molecule has 0 saturated heterocycles. The van der Waals surface area contributed by atoms with E-state index in [4.69, 9.17) is 0 Å². The molecule has 0 aliphatic carbocycles. The topological polar surface area (TPSA) is 108 Å². The number of H-pyrrole nitrogens is 1. The number of fused-ring (bicyclic) bond motifs is 1. The van der Waals surface area contributed by atoms with Crippen LogP contribution in [0.5, 0.6) is 0 Å². The molecule has 0 aliphatic rings. The molecule has 1 aromatic carbocycles. The number of nitrogens with zero attached hydrogens (tertiary/aromatic N) is 2. The number of benzene rings is 1. The van der Waals surface area contributed by atoms with E-state index < -0.39 is 57.4 Å². The van der Waals surface area contributed by atoms with E-state index in [1.807, 2.05) is 0 Å². The summed E-state index contributed by atoms with van der Waals surface area (Å²) in [5.74, 6) is -3.98. The number of halogens is 5. The first-order chi connectivity index (χ1) is 13.5. The van der Waals surface area contributed by atoms with Crippen molar-refractivity contribution in [2.75, 3.05) is 10.5 Å².